The van der Waals surface area contributed by atoms with Gasteiger partial charge in [0.1, 0.15) is 0 Å². The molecule has 0 aromatic heterocycles. The minimum absolute atomic E-state index is 0.0461. The Hall–Kier alpha value is -1.69. The van der Waals surface area contributed by atoms with E-state index in [1.165, 1.54) is 31.2 Å². The van der Waals surface area contributed by atoms with E-state index in [4.69, 9.17) is 17.3 Å². The summed E-state index contributed by atoms with van der Waals surface area (Å²) in [5.41, 5.74) is 3.26. The highest BCUT2D eigenvalue weighted by molar-refractivity contribution is 6.30. The van der Waals surface area contributed by atoms with Gasteiger partial charge in [0.2, 0.25) is 0 Å². The number of nitrogens with two attached hydrogens (primary N) is 1. The van der Waals surface area contributed by atoms with Crippen LogP contribution in [-0.2, 0) is 9.53 Å². The van der Waals surface area contributed by atoms with Crippen LogP contribution in [0.1, 0.15) is 12.5 Å². The van der Waals surface area contributed by atoms with Crippen molar-refractivity contribution in [2.75, 3.05) is 6.61 Å². The smallest absolute Gasteiger partial charge is 0.425 e. The molecule has 1 aromatic rings. The Bertz CT molecular complexity index is 495. The van der Waals surface area contributed by atoms with Gasteiger partial charge in [-0.15, -0.1) is 0 Å². The van der Waals surface area contributed by atoms with E-state index in [1.807, 2.05) is 0 Å². The summed E-state index contributed by atoms with van der Waals surface area (Å²) in [7, 11) is 0. The zero-order valence-corrected chi connectivity index (χ0v) is 10.7. The quantitative estimate of drug-likeness (QED) is 0.688. The van der Waals surface area contributed by atoms with Gasteiger partial charge in [-0.3, -0.25) is 0 Å². The maximum Gasteiger partial charge on any atom is 0.425 e. The maximum atomic E-state index is 12.8. The SMILES string of the molecule is CCOC(=O)C(=C(N)c1ccc(Cl)cc1)C(F)(F)F. The molecule has 7 heteroatoms. The summed E-state index contributed by atoms with van der Waals surface area (Å²) in [6, 6.07) is 5.34. The summed E-state index contributed by atoms with van der Waals surface area (Å²) in [5.74, 6) is -1.50. The van der Waals surface area contributed by atoms with E-state index >= 15 is 0 Å². The Labute approximate surface area is 112 Å². The summed E-state index contributed by atoms with van der Waals surface area (Å²) in [6.07, 6.45) is -4.89. The lowest BCUT2D eigenvalue weighted by Crippen LogP contribution is -2.26. The van der Waals surface area contributed by atoms with Crippen LogP contribution in [0.3, 0.4) is 0 Å². The first-order chi connectivity index (χ1) is 8.77. The highest BCUT2D eigenvalue weighted by Crippen LogP contribution is 2.31. The second kappa shape index (κ2) is 5.97. The minimum Gasteiger partial charge on any atom is -0.462 e. The number of rotatable bonds is 3. The Kier molecular flexibility index (Phi) is 4.83. The standard InChI is InChI=1S/C12H11ClF3NO2/c1-2-19-11(18)9(12(14,15)16)10(17)7-3-5-8(13)6-4-7/h3-6H,2,17H2,1H3. The van der Waals surface area contributed by atoms with Crippen LogP contribution in [0.5, 0.6) is 0 Å². The molecule has 0 spiro atoms. The monoisotopic (exact) mass is 293 g/mol. The zero-order chi connectivity index (χ0) is 14.6. The molecule has 0 aliphatic rings. The number of halogens is 4. The molecular formula is C12H11ClF3NO2. The molecule has 0 fully saturated rings. The number of ether oxygens (including phenoxy) is 1. The van der Waals surface area contributed by atoms with Crippen molar-refractivity contribution in [2.45, 2.75) is 13.1 Å². The normalized spacial score (nSPS) is 12.9. The topological polar surface area (TPSA) is 52.3 Å². The second-order valence-corrected chi connectivity index (χ2v) is 3.95. The maximum absolute atomic E-state index is 12.8. The number of carbonyl (C=O) groups is 1. The van der Waals surface area contributed by atoms with Crippen molar-refractivity contribution < 1.29 is 22.7 Å². The van der Waals surface area contributed by atoms with E-state index in [0.29, 0.717) is 5.02 Å². The first-order valence-corrected chi connectivity index (χ1v) is 5.65. The molecule has 0 aliphatic heterocycles. The molecule has 0 saturated heterocycles. The summed E-state index contributed by atoms with van der Waals surface area (Å²) < 4.78 is 42.9. The van der Waals surface area contributed by atoms with Crippen LogP contribution < -0.4 is 5.73 Å². The van der Waals surface area contributed by atoms with Crippen molar-refractivity contribution in [2.24, 2.45) is 5.73 Å². The van der Waals surface area contributed by atoms with Crippen molar-refractivity contribution in [3.63, 3.8) is 0 Å². The fraction of sp³-hybridized carbons (Fsp3) is 0.250. The first-order valence-electron chi connectivity index (χ1n) is 5.27. The number of hydrogen-bond donors (Lipinski definition) is 1. The van der Waals surface area contributed by atoms with Gasteiger partial charge in [-0.1, -0.05) is 23.7 Å². The van der Waals surface area contributed by atoms with Crippen LogP contribution in [0.2, 0.25) is 5.02 Å². The van der Waals surface area contributed by atoms with Gasteiger partial charge in [0.25, 0.3) is 0 Å². The number of esters is 1. The van der Waals surface area contributed by atoms with Crippen LogP contribution >= 0.6 is 11.6 Å². The van der Waals surface area contributed by atoms with Gasteiger partial charge >= 0.3 is 12.1 Å². The molecule has 2 N–H and O–H groups in total. The predicted octanol–water partition coefficient (Wildman–Crippen LogP) is 3.14. The average Bonchev–Trinajstić information content (AvgIpc) is 2.28. The largest absolute Gasteiger partial charge is 0.462 e. The van der Waals surface area contributed by atoms with Gasteiger partial charge in [0, 0.05) is 5.02 Å². The molecule has 0 atom stereocenters. The third kappa shape index (κ3) is 3.89. The Morgan fingerprint density at radius 2 is 1.84 bits per heavy atom. The van der Waals surface area contributed by atoms with E-state index in [2.05, 4.69) is 4.74 Å². The number of hydrogen-bond acceptors (Lipinski definition) is 3. The lowest BCUT2D eigenvalue weighted by molar-refractivity contribution is -0.150. The molecule has 0 amide bonds. The average molecular weight is 294 g/mol. The molecule has 0 bridgehead atoms. The van der Waals surface area contributed by atoms with Crippen LogP contribution in [0.4, 0.5) is 13.2 Å². The Morgan fingerprint density at radius 1 is 1.32 bits per heavy atom. The fourth-order valence-corrected chi connectivity index (χ4v) is 1.48. The lowest BCUT2D eigenvalue weighted by Gasteiger charge is -2.14. The summed E-state index contributed by atoms with van der Waals surface area (Å²) >= 11 is 5.63. The zero-order valence-electron chi connectivity index (χ0n) is 9.92. The van der Waals surface area contributed by atoms with Crippen LogP contribution in [0, 0.1) is 0 Å². The second-order valence-electron chi connectivity index (χ2n) is 3.51. The molecule has 1 rings (SSSR count). The lowest BCUT2D eigenvalue weighted by atomic mass is 10.1. The van der Waals surface area contributed by atoms with Crippen molar-refractivity contribution >= 4 is 23.3 Å². The van der Waals surface area contributed by atoms with Crippen LogP contribution in [0.25, 0.3) is 5.70 Å². The van der Waals surface area contributed by atoms with E-state index < -0.39 is 23.4 Å². The summed E-state index contributed by atoms with van der Waals surface area (Å²) in [5, 5.41) is 0.348. The van der Waals surface area contributed by atoms with Crippen LogP contribution in [-0.4, -0.2) is 18.8 Å². The highest BCUT2D eigenvalue weighted by atomic mass is 35.5. The van der Waals surface area contributed by atoms with Crippen molar-refractivity contribution in [3.8, 4) is 0 Å². The van der Waals surface area contributed by atoms with E-state index in [1.54, 1.807) is 0 Å². The molecule has 104 valence electrons. The number of alkyl halides is 3. The van der Waals surface area contributed by atoms with Gasteiger partial charge < -0.3 is 10.5 Å². The first kappa shape index (κ1) is 15.4. The number of carbonyl (C=O) groups excluding carboxylic acids is 1. The molecule has 0 saturated carbocycles. The molecule has 0 radical (unpaired) electrons. The Morgan fingerprint density at radius 3 is 2.26 bits per heavy atom. The van der Waals surface area contributed by atoms with E-state index in [0.717, 1.165) is 0 Å². The molecule has 1 aromatic carbocycles. The third-order valence-electron chi connectivity index (χ3n) is 2.19. The minimum atomic E-state index is -4.89. The molecule has 19 heavy (non-hydrogen) atoms. The van der Waals surface area contributed by atoms with Gasteiger partial charge in [-0.05, 0) is 24.6 Å². The van der Waals surface area contributed by atoms with Gasteiger partial charge in [0.05, 0.1) is 12.3 Å². The highest BCUT2D eigenvalue weighted by Gasteiger charge is 2.42. The third-order valence-corrected chi connectivity index (χ3v) is 2.44. The van der Waals surface area contributed by atoms with Gasteiger partial charge in [0.15, 0.2) is 5.57 Å². The van der Waals surface area contributed by atoms with Gasteiger partial charge in [-0.25, -0.2) is 4.79 Å². The molecule has 3 nitrogen and oxygen atoms in total. The van der Waals surface area contributed by atoms with E-state index in [-0.39, 0.29) is 12.2 Å². The van der Waals surface area contributed by atoms with Crippen molar-refractivity contribution in [1.29, 1.82) is 0 Å². The van der Waals surface area contributed by atoms with Gasteiger partial charge in [-0.2, -0.15) is 13.2 Å². The van der Waals surface area contributed by atoms with Crippen LogP contribution in [0.15, 0.2) is 29.8 Å². The van der Waals surface area contributed by atoms with Crippen molar-refractivity contribution in [1.82, 2.24) is 0 Å². The molecule has 0 unspecified atom stereocenters. The van der Waals surface area contributed by atoms with Crippen molar-refractivity contribution in [3.05, 3.63) is 40.4 Å². The molecule has 0 aliphatic carbocycles. The predicted molar refractivity (Wildman–Crippen MR) is 65.2 cm³/mol. The summed E-state index contributed by atoms with van der Waals surface area (Å²) in [4.78, 5) is 11.4. The molecular weight excluding hydrogens is 283 g/mol. The molecule has 0 heterocycles. The van der Waals surface area contributed by atoms with E-state index in [9.17, 15) is 18.0 Å². The Balaban J connectivity index is 3.31. The fourth-order valence-electron chi connectivity index (χ4n) is 1.36. The number of benzene rings is 1. The summed E-state index contributed by atoms with van der Waals surface area (Å²) in [6.45, 7) is 1.23.